The van der Waals surface area contributed by atoms with Crippen molar-refractivity contribution in [3.05, 3.63) is 23.8 Å². The first kappa shape index (κ1) is 15.3. The summed E-state index contributed by atoms with van der Waals surface area (Å²) in [5, 5.41) is 12.1. The number of hydrogen-bond donors (Lipinski definition) is 2. The zero-order valence-electron chi connectivity index (χ0n) is 11.6. The first-order valence-electron chi connectivity index (χ1n) is 6.26. The van der Waals surface area contributed by atoms with Gasteiger partial charge in [0.1, 0.15) is 0 Å². The van der Waals surface area contributed by atoms with Crippen LogP contribution in [-0.2, 0) is 11.2 Å². The van der Waals surface area contributed by atoms with Crippen LogP contribution in [-0.4, -0.2) is 37.9 Å². The molecule has 0 fully saturated rings. The van der Waals surface area contributed by atoms with E-state index in [0.29, 0.717) is 17.9 Å². The smallest absolute Gasteiger partial charge is 0.224 e. The Morgan fingerprint density at radius 3 is 2.58 bits per heavy atom. The molecule has 0 aliphatic heterocycles. The van der Waals surface area contributed by atoms with Crippen molar-refractivity contribution in [2.45, 2.75) is 25.9 Å². The summed E-state index contributed by atoms with van der Waals surface area (Å²) in [6.07, 6.45) is 0.377. The summed E-state index contributed by atoms with van der Waals surface area (Å²) >= 11 is 0. The number of ether oxygens (including phenoxy) is 2. The van der Waals surface area contributed by atoms with E-state index in [4.69, 9.17) is 9.47 Å². The average Bonchev–Trinajstić information content (AvgIpc) is 2.44. The van der Waals surface area contributed by atoms with Crippen LogP contribution in [0.3, 0.4) is 0 Å². The van der Waals surface area contributed by atoms with Crippen LogP contribution in [0.1, 0.15) is 18.9 Å². The minimum absolute atomic E-state index is 0.125. The monoisotopic (exact) mass is 267 g/mol. The number of hydrogen-bond acceptors (Lipinski definition) is 4. The Hall–Kier alpha value is -1.75. The fourth-order valence-electron chi connectivity index (χ4n) is 1.61. The van der Waals surface area contributed by atoms with E-state index in [2.05, 4.69) is 5.32 Å². The summed E-state index contributed by atoms with van der Waals surface area (Å²) in [6, 6.07) is 5.36. The number of aliphatic hydroxyl groups is 1. The van der Waals surface area contributed by atoms with Gasteiger partial charge >= 0.3 is 0 Å². The zero-order chi connectivity index (χ0) is 14.3. The summed E-state index contributed by atoms with van der Waals surface area (Å²) in [5.41, 5.74) is 0.834. The van der Waals surface area contributed by atoms with E-state index in [1.807, 2.05) is 13.0 Å². The SMILES string of the molecule is CCC(O)CNC(=O)Cc1ccc(OC)c(OC)c1. The van der Waals surface area contributed by atoms with Crippen LogP contribution in [0.15, 0.2) is 18.2 Å². The van der Waals surface area contributed by atoms with E-state index in [0.717, 1.165) is 5.56 Å². The predicted octanol–water partition coefficient (Wildman–Crippen LogP) is 1.13. The second kappa shape index (κ2) is 7.63. The van der Waals surface area contributed by atoms with E-state index in [1.54, 1.807) is 26.4 Å². The number of aliphatic hydroxyl groups excluding tert-OH is 1. The molecule has 106 valence electrons. The van der Waals surface area contributed by atoms with Gasteiger partial charge in [-0.05, 0) is 24.1 Å². The lowest BCUT2D eigenvalue weighted by Gasteiger charge is -2.11. The fraction of sp³-hybridized carbons (Fsp3) is 0.500. The standard InChI is InChI=1S/C14H21NO4/c1-4-11(16)9-15-14(17)8-10-5-6-12(18-2)13(7-10)19-3/h5-7,11,16H,4,8-9H2,1-3H3,(H,15,17). The highest BCUT2D eigenvalue weighted by atomic mass is 16.5. The number of rotatable bonds is 7. The molecule has 2 N–H and O–H groups in total. The van der Waals surface area contributed by atoms with Crippen molar-refractivity contribution in [3.63, 3.8) is 0 Å². The van der Waals surface area contributed by atoms with Crippen LogP contribution in [0.2, 0.25) is 0 Å². The van der Waals surface area contributed by atoms with Gasteiger partial charge in [-0.15, -0.1) is 0 Å². The van der Waals surface area contributed by atoms with E-state index in [9.17, 15) is 9.90 Å². The third-order valence-electron chi connectivity index (χ3n) is 2.82. The van der Waals surface area contributed by atoms with Gasteiger partial charge in [0.15, 0.2) is 11.5 Å². The third-order valence-corrected chi connectivity index (χ3v) is 2.82. The molecule has 0 spiro atoms. The maximum atomic E-state index is 11.7. The minimum atomic E-state index is -0.491. The summed E-state index contributed by atoms with van der Waals surface area (Å²) < 4.78 is 10.3. The molecule has 1 amide bonds. The van der Waals surface area contributed by atoms with Crippen molar-refractivity contribution in [1.29, 1.82) is 0 Å². The van der Waals surface area contributed by atoms with Crippen molar-refractivity contribution in [1.82, 2.24) is 5.32 Å². The molecule has 0 bridgehead atoms. The van der Waals surface area contributed by atoms with Gasteiger partial charge in [0.05, 0.1) is 26.7 Å². The third kappa shape index (κ3) is 4.79. The molecular weight excluding hydrogens is 246 g/mol. The van der Waals surface area contributed by atoms with E-state index in [1.165, 1.54) is 0 Å². The number of methoxy groups -OCH3 is 2. The lowest BCUT2D eigenvalue weighted by molar-refractivity contribution is -0.120. The minimum Gasteiger partial charge on any atom is -0.493 e. The van der Waals surface area contributed by atoms with Gasteiger partial charge in [0.25, 0.3) is 0 Å². The molecule has 1 rings (SSSR count). The molecule has 5 nitrogen and oxygen atoms in total. The molecule has 19 heavy (non-hydrogen) atoms. The summed E-state index contributed by atoms with van der Waals surface area (Å²) in [6.45, 7) is 2.15. The zero-order valence-corrected chi connectivity index (χ0v) is 11.6. The Morgan fingerprint density at radius 1 is 1.32 bits per heavy atom. The Balaban J connectivity index is 2.59. The van der Waals surface area contributed by atoms with Gasteiger partial charge in [-0.2, -0.15) is 0 Å². The molecule has 0 radical (unpaired) electrons. The molecule has 1 atom stereocenters. The van der Waals surface area contributed by atoms with Crippen LogP contribution in [0.25, 0.3) is 0 Å². The molecule has 5 heteroatoms. The van der Waals surface area contributed by atoms with Crippen LogP contribution < -0.4 is 14.8 Å². The number of nitrogens with one attached hydrogen (secondary N) is 1. The van der Waals surface area contributed by atoms with Crippen molar-refractivity contribution in [3.8, 4) is 11.5 Å². The highest BCUT2D eigenvalue weighted by Gasteiger charge is 2.09. The lowest BCUT2D eigenvalue weighted by Crippen LogP contribution is -2.32. The van der Waals surface area contributed by atoms with Crippen LogP contribution in [0.5, 0.6) is 11.5 Å². The first-order chi connectivity index (χ1) is 9.10. The molecule has 0 heterocycles. The fourth-order valence-corrected chi connectivity index (χ4v) is 1.61. The number of amides is 1. The summed E-state index contributed by atoms with van der Waals surface area (Å²) in [5.74, 6) is 1.11. The average molecular weight is 267 g/mol. The molecule has 0 saturated heterocycles. The number of carbonyl (C=O) groups is 1. The van der Waals surface area contributed by atoms with Gasteiger partial charge in [-0.1, -0.05) is 13.0 Å². The topological polar surface area (TPSA) is 67.8 Å². The molecule has 1 unspecified atom stereocenters. The highest BCUT2D eigenvalue weighted by molar-refractivity contribution is 5.78. The molecule has 0 aliphatic rings. The summed E-state index contributed by atoms with van der Waals surface area (Å²) in [4.78, 5) is 11.7. The van der Waals surface area contributed by atoms with Crippen molar-refractivity contribution < 1.29 is 19.4 Å². The Bertz CT molecular complexity index is 420. The molecular formula is C14H21NO4. The van der Waals surface area contributed by atoms with Gasteiger partial charge < -0.3 is 19.9 Å². The normalized spacial score (nSPS) is 11.8. The highest BCUT2D eigenvalue weighted by Crippen LogP contribution is 2.27. The predicted molar refractivity (Wildman–Crippen MR) is 72.6 cm³/mol. The molecule has 1 aromatic rings. The van der Waals surface area contributed by atoms with Gasteiger partial charge in [-0.3, -0.25) is 4.79 Å². The van der Waals surface area contributed by atoms with E-state index in [-0.39, 0.29) is 18.9 Å². The van der Waals surface area contributed by atoms with E-state index >= 15 is 0 Å². The maximum absolute atomic E-state index is 11.7. The molecule has 0 aliphatic carbocycles. The van der Waals surface area contributed by atoms with E-state index < -0.39 is 6.10 Å². The quantitative estimate of drug-likeness (QED) is 0.777. The number of benzene rings is 1. The second-order valence-electron chi connectivity index (χ2n) is 4.23. The molecule has 0 aromatic heterocycles. The first-order valence-corrected chi connectivity index (χ1v) is 6.26. The van der Waals surface area contributed by atoms with Gasteiger partial charge in [-0.25, -0.2) is 0 Å². The van der Waals surface area contributed by atoms with Crippen molar-refractivity contribution in [2.24, 2.45) is 0 Å². The van der Waals surface area contributed by atoms with Crippen molar-refractivity contribution in [2.75, 3.05) is 20.8 Å². The largest absolute Gasteiger partial charge is 0.493 e. The summed E-state index contributed by atoms with van der Waals surface area (Å²) in [7, 11) is 3.12. The Morgan fingerprint density at radius 2 is 2.00 bits per heavy atom. The molecule has 1 aromatic carbocycles. The lowest BCUT2D eigenvalue weighted by atomic mass is 10.1. The Kier molecular flexibility index (Phi) is 6.15. The molecule has 0 saturated carbocycles. The van der Waals surface area contributed by atoms with Crippen LogP contribution >= 0.6 is 0 Å². The van der Waals surface area contributed by atoms with Gasteiger partial charge in [0, 0.05) is 6.54 Å². The second-order valence-corrected chi connectivity index (χ2v) is 4.23. The number of carbonyl (C=O) groups excluding carboxylic acids is 1. The van der Waals surface area contributed by atoms with Crippen LogP contribution in [0.4, 0.5) is 0 Å². The van der Waals surface area contributed by atoms with Gasteiger partial charge in [0.2, 0.25) is 5.91 Å². The Labute approximate surface area is 113 Å². The maximum Gasteiger partial charge on any atom is 0.224 e. The van der Waals surface area contributed by atoms with Crippen molar-refractivity contribution >= 4 is 5.91 Å². The van der Waals surface area contributed by atoms with Crippen LogP contribution in [0, 0.1) is 0 Å².